The molecule has 0 aliphatic carbocycles. The van der Waals surface area contributed by atoms with Crippen LogP contribution in [0.1, 0.15) is 19.4 Å². The van der Waals surface area contributed by atoms with Gasteiger partial charge in [-0.1, -0.05) is 43.0 Å². The zero-order chi connectivity index (χ0) is 11.8. The highest BCUT2D eigenvalue weighted by atomic mass is 32.2. The average Bonchev–Trinajstić information content (AvgIpc) is 2.35. The quantitative estimate of drug-likeness (QED) is 0.683. The molecule has 0 N–H and O–H groups in total. The van der Waals surface area contributed by atoms with E-state index < -0.39 is 0 Å². The molecule has 0 amide bonds. The first-order valence-corrected chi connectivity index (χ1v) is 6.25. The fourth-order valence-electron chi connectivity index (χ4n) is 1.13. The molecule has 0 spiro atoms. The van der Waals surface area contributed by atoms with Gasteiger partial charge in [-0.05, 0) is 25.5 Å². The maximum Gasteiger partial charge on any atom is 0.0923 e. The van der Waals surface area contributed by atoms with Gasteiger partial charge in [0.1, 0.15) is 0 Å². The van der Waals surface area contributed by atoms with Gasteiger partial charge >= 0.3 is 0 Å². The Labute approximate surface area is 102 Å². The third kappa shape index (κ3) is 4.49. The number of thioether (sulfide) groups is 1. The Hall–Kier alpha value is -1.28. The summed E-state index contributed by atoms with van der Waals surface area (Å²) in [7, 11) is 0. The molecule has 0 unspecified atom stereocenters. The largest absolute Gasteiger partial charge is 0.247 e. The minimum atomic E-state index is 0.952. The normalized spacial score (nSPS) is 12.6. The van der Waals surface area contributed by atoms with E-state index in [1.54, 1.807) is 17.8 Å². The fourth-order valence-corrected chi connectivity index (χ4v) is 2.01. The first-order chi connectivity index (χ1) is 7.76. The van der Waals surface area contributed by atoms with E-state index in [-0.39, 0.29) is 0 Å². The van der Waals surface area contributed by atoms with E-state index in [2.05, 4.69) is 35.8 Å². The van der Waals surface area contributed by atoms with Crippen LogP contribution in [0.5, 0.6) is 0 Å². The van der Waals surface area contributed by atoms with Gasteiger partial charge in [0.2, 0.25) is 0 Å². The molecule has 0 aliphatic heterocycles. The molecule has 1 rings (SSSR count). The number of aliphatic imine (C=N–C) groups is 1. The van der Waals surface area contributed by atoms with Gasteiger partial charge in [-0.3, -0.25) is 0 Å². The van der Waals surface area contributed by atoms with E-state index in [1.165, 1.54) is 5.56 Å². The minimum Gasteiger partial charge on any atom is -0.247 e. The lowest BCUT2D eigenvalue weighted by molar-refractivity contribution is 1.40. The van der Waals surface area contributed by atoms with E-state index in [4.69, 9.17) is 0 Å². The van der Waals surface area contributed by atoms with Crippen LogP contribution in [0.25, 0.3) is 0 Å². The number of hydrogen-bond donors (Lipinski definition) is 0. The molecule has 0 fully saturated rings. The Morgan fingerprint density at radius 1 is 1.38 bits per heavy atom. The van der Waals surface area contributed by atoms with Crippen LogP contribution in [0.4, 0.5) is 0 Å². The van der Waals surface area contributed by atoms with Crippen LogP contribution in [0.3, 0.4) is 0 Å². The summed E-state index contributed by atoms with van der Waals surface area (Å²) in [6.45, 7) is 7.66. The maximum atomic E-state index is 4.45. The van der Waals surface area contributed by atoms with E-state index in [0.717, 1.165) is 16.5 Å². The predicted octanol–water partition coefficient (Wildman–Crippen LogP) is 4.43. The zero-order valence-corrected chi connectivity index (χ0v) is 10.6. The smallest absolute Gasteiger partial charge is 0.0923 e. The Morgan fingerprint density at radius 3 is 2.62 bits per heavy atom. The number of allylic oxidation sites excluding steroid dienone is 2. The second-order valence-corrected chi connectivity index (χ2v) is 4.35. The second kappa shape index (κ2) is 7.07. The van der Waals surface area contributed by atoms with Crippen LogP contribution in [-0.2, 0) is 5.75 Å². The van der Waals surface area contributed by atoms with Crippen molar-refractivity contribution in [3.63, 3.8) is 0 Å². The van der Waals surface area contributed by atoms with Crippen molar-refractivity contribution in [3.05, 3.63) is 59.7 Å². The van der Waals surface area contributed by atoms with Gasteiger partial charge in [-0.25, -0.2) is 4.99 Å². The Balaban J connectivity index is 2.57. The first-order valence-electron chi connectivity index (χ1n) is 5.27. The monoisotopic (exact) mass is 231 g/mol. The lowest BCUT2D eigenvalue weighted by Gasteiger charge is -2.02. The summed E-state index contributed by atoms with van der Waals surface area (Å²) in [5, 5.41) is 1.04. The van der Waals surface area contributed by atoms with E-state index in [9.17, 15) is 0 Å². The molecule has 0 atom stereocenters. The lowest BCUT2D eigenvalue weighted by atomic mass is 10.2. The van der Waals surface area contributed by atoms with Crippen molar-refractivity contribution in [2.45, 2.75) is 19.6 Å². The van der Waals surface area contributed by atoms with Gasteiger partial charge < -0.3 is 0 Å². The summed E-state index contributed by atoms with van der Waals surface area (Å²) >= 11 is 1.74. The molecule has 0 radical (unpaired) electrons. The predicted molar refractivity (Wildman–Crippen MR) is 74.8 cm³/mol. The topological polar surface area (TPSA) is 12.4 Å². The summed E-state index contributed by atoms with van der Waals surface area (Å²) in [5.74, 6) is 0.953. The van der Waals surface area contributed by atoms with Crippen molar-refractivity contribution in [3.8, 4) is 0 Å². The third-order valence-corrected chi connectivity index (χ3v) is 3.16. The molecule has 0 aromatic heterocycles. The third-order valence-electron chi connectivity index (χ3n) is 2.06. The van der Waals surface area contributed by atoms with Crippen LogP contribution < -0.4 is 0 Å². The molecule has 0 bridgehead atoms. The van der Waals surface area contributed by atoms with Crippen LogP contribution in [-0.4, -0.2) is 5.71 Å². The molecular formula is C14H17NS. The van der Waals surface area contributed by atoms with Crippen LogP contribution >= 0.6 is 11.8 Å². The molecule has 1 nitrogen and oxygen atoms in total. The fraction of sp³-hybridized carbons (Fsp3) is 0.214. The highest BCUT2D eigenvalue weighted by Crippen LogP contribution is 2.22. The second-order valence-electron chi connectivity index (χ2n) is 3.36. The van der Waals surface area contributed by atoms with Gasteiger partial charge in [-0.2, -0.15) is 0 Å². The van der Waals surface area contributed by atoms with Crippen molar-refractivity contribution < 1.29 is 0 Å². The summed E-state index contributed by atoms with van der Waals surface area (Å²) < 4.78 is 0. The Bertz CT molecular complexity index is 390. The highest BCUT2D eigenvalue weighted by Gasteiger charge is 1.97. The van der Waals surface area contributed by atoms with Crippen molar-refractivity contribution in [1.29, 1.82) is 0 Å². The molecule has 0 saturated heterocycles. The molecule has 1 aromatic carbocycles. The number of benzene rings is 1. The summed E-state index contributed by atoms with van der Waals surface area (Å²) in [4.78, 5) is 4.45. The van der Waals surface area contributed by atoms with E-state index in [0.29, 0.717) is 0 Å². The Kier molecular flexibility index (Phi) is 5.65. The van der Waals surface area contributed by atoms with E-state index >= 15 is 0 Å². The molecule has 84 valence electrons. The zero-order valence-electron chi connectivity index (χ0n) is 9.81. The van der Waals surface area contributed by atoms with Crippen molar-refractivity contribution in [2.75, 3.05) is 0 Å². The number of hydrogen-bond acceptors (Lipinski definition) is 2. The van der Waals surface area contributed by atoms with Crippen molar-refractivity contribution in [2.24, 2.45) is 4.99 Å². The standard InChI is InChI=1S/C14H17NS/c1-4-12(3)15-14(5-2)16-11-13-9-7-6-8-10-13/h4-10H,1,11H2,2-3H3/b14-5+,15-12-. The first kappa shape index (κ1) is 12.8. The highest BCUT2D eigenvalue weighted by molar-refractivity contribution is 8.02. The maximum absolute atomic E-state index is 4.45. The molecule has 2 heteroatoms. The molecule has 0 saturated carbocycles. The molecule has 1 aromatic rings. The van der Waals surface area contributed by atoms with Crippen LogP contribution in [0.2, 0.25) is 0 Å². The summed E-state index contributed by atoms with van der Waals surface area (Å²) in [6, 6.07) is 10.4. The van der Waals surface area contributed by atoms with Crippen molar-refractivity contribution in [1.82, 2.24) is 0 Å². The van der Waals surface area contributed by atoms with Gasteiger partial charge in [0.05, 0.1) is 5.03 Å². The van der Waals surface area contributed by atoms with E-state index in [1.807, 2.05) is 26.0 Å². The number of rotatable bonds is 5. The van der Waals surface area contributed by atoms with Crippen LogP contribution in [0, 0.1) is 0 Å². The summed E-state index contributed by atoms with van der Waals surface area (Å²) in [6.07, 6.45) is 3.80. The van der Waals surface area contributed by atoms with Gasteiger partial charge in [0, 0.05) is 11.5 Å². The lowest BCUT2D eigenvalue weighted by Crippen LogP contribution is -1.85. The number of nitrogens with zero attached hydrogens (tertiary/aromatic N) is 1. The molecule has 0 aliphatic rings. The summed E-state index contributed by atoms with van der Waals surface area (Å²) in [5.41, 5.74) is 2.27. The molecule has 16 heavy (non-hydrogen) atoms. The molecular weight excluding hydrogens is 214 g/mol. The minimum absolute atomic E-state index is 0.952. The van der Waals surface area contributed by atoms with Crippen molar-refractivity contribution >= 4 is 17.5 Å². The molecule has 0 heterocycles. The van der Waals surface area contributed by atoms with Gasteiger partial charge in [0.15, 0.2) is 0 Å². The SMILES string of the molecule is C=C/C(C)=N\C(=C/C)SCc1ccccc1. The average molecular weight is 231 g/mol. The Morgan fingerprint density at radius 2 is 2.06 bits per heavy atom. The van der Waals surface area contributed by atoms with Gasteiger partial charge in [-0.15, -0.1) is 11.8 Å². The van der Waals surface area contributed by atoms with Gasteiger partial charge in [0.25, 0.3) is 0 Å². The van der Waals surface area contributed by atoms with Crippen LogP contribution in [0.15, 0.2) is 59.1 Å².